The molecule has 0 unspecified atom stereocenters. The fourth-order valence-electron chi connectivity index (χ4n) is 5.51. The van der Waals surface area contributed by atoms with Gasteiger partial charge in [0.1, 0.15) is 16.6 Å². The van der Waals surface area contributed by atoms with E-state index in [1.54, 1.807) is 13.0 Å². The Balaban J connectivity index is 1.48. The van der Waals surface area contributed by atoms with Crippen molar-refractivity contribution >= 4 is 45.9 Å². The van der Waals surface area contributed by atoms with Crippen LogP contribution in [0.5, 0.6) is 0 Å². The first-order valence-corrected chi connectivity index (χ1v) is 14.9. The maximum absolute atomic E-state index is 13.4. The number of carbonyl (C=O) groups excluding carboxylic acids is 2. The molecule has 1 aromatic heterocycles. The summed E-state index contributed by atoms with van der Waals surface area (Å²) in [6.45, 7) is 4.75. The summed E-state index contributed by atoms with van der Waals surface area (Å²) in [6.07, 6.45) is 9.08. The minimum atomic E-state index is -0.518. The van der Waals surface area contributed by atoms with E-state index in [4.69, 9.17) is 21.1 Å². The smallest absolute Gasteiger partial charge is 0.341 e. The normalized spacial score (nSPS) is 18.5. The molecule has 3 aliphatic rings. The number of fused-ring (bicyclic) bond motifs is 1. The Morgan fingerprint density at radius 3 is 2.62 bits per heavy atom. The lowest BCUT2D eigenvalue weighted by Crippen LogP contribution is -2.36. The Kier molecular flexibility index (Phi) is 9.05. The molecule has 2 aliphatic carbocycles. The molecular weight excluding hydrogens is 546 g/mol. The summed E-state index contributed by atoms with van der Waals surface area (Å²) >= 11 is 7.50. The number of allylic oxidation sites excluding steroid dienone is 3. The molecule has 0 spiro atoms. The number of hydrogen-bond acceptors (Lipinski definition) is 7. The number of aryl methyl sites for hydroxylation is 1. The van der Waals surface area contributed by atoms with Gasteiger partial charge in [0.15, 0.2) is 0 Å². The molecule has 208 valence electrons. The molecular formula is C31H32ClN3O4S. The highest BCUT2D eigenvalue weighted by Crippen LogP contribution is 2.40. The number of halogens is 1. The fraction of sp³-hybridized carbons (Fsp3) is 0.387. The number of nitrogens with zero attached hydrogens (tertiary/aromatic N) is 2. The number of morpholine rings is 1. The molecule has 0 radical (unpaired) electrons. The number of amides is 1. The monoisotopic (exact) mass is 577 g/mol. The van der Waals surface area contributed by atoms with Crippen LogP contribution >= 0.6 is 22.9 Å². The molecule has 0 atom stereocenters. The maximum Gasteiger partial charge on any atom is 0.341 e. The third-order valence-corrected chi connectivity index (χ3v) is 8.83. The van der Waals surface area contributed by atoms with Crippen LogP contribution in [0.2, 0.25) is 5.02 Å². The minimum absolute atomic E-state index is 0.00897. The molecule has 2 aromatic rings. The fourth-order valence-corrected chi connectivity index (χ4v) is 6.91. The molecule has 1 fully saturated rings. The van der Waals surface area contributed by atoms with Gasteiger partial charge < -0.3 is 19.7 Å². The highest BCUT2D eigenvalue weighted by atomic mass is 35.5. The van der Waals surface area contributed by atoms with Crippen LogP contribution in [0, 0.1) is 11.3 Å². The molecule has 0 saturated carbocycles. The Hall–Kier alpha value is -3.38. The van der Waals surface area contributed by atoms with Crippen LogP contribution in [-0.2, 0) is 27.1 Å². The van der Waals surface area contributed by atoms with Gasteiger partial charge in [0, 0.05) is 28.7 Å². The van der Waals surface area contributed by atoms with Gasteiger partial charge in [-0.2, -0.15) is 5.26 Å². The number of ether oxygens (including phenoxy) is 2. The Morgan fingerprint density at radius 1 is 1.15 bits per heavy atom. The van der Waals surface area contributed by atoms with Gasteiger partial charge >= 0.3 is 5.97 Å². The summed E-state index contributed by atoms with van der Waals surface area (Å²) in [7, 11) is 0. The van der Waals surface area contributed by atoms with E-state index >= 15 is 0 Å². The molecule has 1 aromatic carbocycles. The van der Waals surface area contributed by atoms with Gasteiger partial charge in [0.2, 0.25) is 0 Å². The Labute approximate surface area is 243 Å². The summed E-state index contributed by atoms with van der Waals surface area (Å²) in [5.74, 6) is -0.944. The number of anilines is 1. The predicted octanol–water partition coefficient (Wildman–Crippen LogP) is 6.31. The first-order valence-electron chi connectivity index (χ1n) is 13.8. The third kappa shape index (κ3) is 6.17. The van der Waals surface area contributed by atoms with E-state index in [-0.39, 0.29) is 12.2 Å². The number of benzene rings is 1. The van der Waals surface area contributed by atoms with Crippen molar-refractivity contribution in [2.45, 2.75) is 45.4 Å². The highest BCUT2D eigenvalue weighted by Gasteiger charge is 2.29. The number of thiophene rings is 1. The number of esters is 1. The van der Waals surface area contributed by atoms with E-state index in [1.807, 2.05) is 24.3 Å². The van der Waals surface area contributed by atoms with Gasteiger partial charge in [-0.25, -0.2) is 4.79 Å². The molecule has 7 nitrogen and oxygen atoms in total. The van der Waals surface area contributed by atoms with Crippen LogP contribution in [-0.4, -0.2) is 49.7 Å². The van der Waals surface area contributed by atoms with Gasteiger partial charge in [0.05, 0.1) is 25.4 Å². The van der Waals surface area contributed by atoms with Gasteiger partial charge in [-0.3, -0.25) is 4.79 Å². The summed E-state index contributed by atoms with van der Waals surface area (Å²) in [4.78, 5) is 29.7. The van der Waals surface area contributed by atoms with Crippen molar-refractivity contribution in [2.75, 3.05) is 38.2 Å². The predicted molar refractivity (Wildman–Crippen MR) is 157 cm³/mol. The number of rotatable bonds is 7. The standard InChI is InChI=1S/C31H32ClN3O4S/c1-2-39-31(37)27-25-5-3-4-6-26(25)40-30(27)34-29(36)23(19-33)18-22-10-9-21(17-20-7-11-24(32)12-8-20)28(22)35-13-15-38-16-14-35/h7-8,11-12,17-18H,2-6,9-10,13-16H2,1H3,(H,34,36)/b21-17-,23-18+. The van der Waals surface area contributed by atoms with Gasteiger partial charge in [0.25, 0.3) is 5.91 Å². The summed E-state index contributed by atoms with van der Waals surface area (Å²) in [5, 5.41) is 14.1. The van der Waals surface area contributed by atoms with Crippen molar-refractivity contribution < 1.29 is 19.1 Å². The molecule has 1 N–H and O–H groups in total. The molecule has 5 rings (SSSR count). The lowest BCUT2D eigenvalue weighted by molar-refractivity contribution is -0.112. The lowest BCUT2D eigenvalue weighted by atomic mass is 9.95. The second kappa shape index (κ2) is 12.9. The van der Waals surface area contributed by atoms with Crippen molar-refractivity contribution in [3.8, 4) is 6.07 Å². The van der Waals surface area contributed by atoms with E-state index in [0.29, 0.717) is 35.2 Å². The van der Waals surface area contributed by atoms with Gasteiger partial charge in [-0.15, -0.1) is 11.3 Å². The van der Waals surface area contributed by atoms with Crippen molar-refractivity contribution in [1.29, 1.82) is 5.26 Å². The maximum atomic E-state index is 13.4. The van der Waals surface area contributed by atoms with Crippen molar-refractivity contribution in [1.82, 2.24) is 4.90 Å². The molecule has 2 heterocycles. The SMILES string of the molecule is CCOC(=O)c1c(NC(=O)/C(C#N)=C/C2=C(N3CCOCC3)C(=C\c3ccc(Cl)cc3)/CC2)sc2c1CCCC2. The first-order chi connectivity index (χ1) is 19.5. The molecule has 1 aliphatic heterocycles. The number of nitrogens with one attached hydrogen (secondary N) is 1. The van der Waals surface area contributed by atoms with Crippen LogP contribution in [0.15, 0.2) is 52.8 Å². The van der Waals surface area contributed by atoms with E-state index < -0.39 is 11.9 Å². The van der Waals surface area contributed by atoms with Crippen LogP contribution < -0.4 is 5.32 Å². The van der Waals surface area contributed by atoms with E-state index in [0.717, 1.165) is 78.0 Å². The second-order valence-corrected chi connectivity index (χ2v) is 11.5. The molecule has 1 saturated heterocycles. The molecule has 0 bridgehead atoms. The lowest BCUT2D eigenvalue weighted by Gasteiger charge is -2.31. The molecule has 1 amide bonds. The van der Waals surface area contributed by atoms with E-state index in [1.165, 1.54) is 11.3 Å². The minimum Gasteiger partial charge on any atom is -0.462 e. The number of hydrogen-bond donors (Lipinski definition) is 1. The van der Waals surface area contributed by atoms with E-state index in [9.17, 15) is 14.9 Å². The second-order valence-electron chi connectivity index (χ2n) is 9.95. The van der Waals surface area contributed by atoms with Crippen molar-refractivity contribution in [3.63, 3.8) is 0 Å². The zero-order valence-electron chi connectivity index (χ0n) is 22.6. The van der Waals surface area contributed by atoms with Crippen LogP contribution in [0.1, 0.15) is 59.0 Å². The number of nitriles is 1. The summed E-state index contributed by atoms with van der Waals surface area (Å²) in [6, 6.07) is 9.81. The van der Waals surface area contributed by atoms with Crippen LogP contribution in [0.3, 0.4) is 0 Å². The summed E-state index contributed by atoms with van der Waals surface area (Å²) in [5.41, 5.74) is 5.62. The first kappa shape index (κ1) is 28.2. The van der Waals surface area contributed by atoms with Gasteiger partial charge in [-0.05, 0) is 92.0 Å². The molecule has 9 heteroatoms. The van der Waals surface area contributed by atoms with Crippen LogP contribution in [0.4, 0.5) is 5.00 Å². The topological polar surface area (TPSA) is 91.7 Å². The summed E-state index contributed by atoms with van der Waals surface area (Å²) < 4.78 is 10.9. The molecule has 40 heavy (non-hydrogen) atoms. The highest BCUT2D eigenvalue weighted by molar-refractivity contribution is 7.17. The Bertz CT molecular complexity index is 1430. The van der Waals surface area contributed by atoms with Crippen LogP contribution in [0.25, 0.3) is 6.08 Å². The van der Waals surface area contributed by atoms with Gasteiger partial charge in [-0.1, -0.05) is 23.7 Å². The van der Waals surface area contributed by atoms with Crippen molar-refractivity contribution in [3.05, 3.63) is 79.3 Å². The quantitative estimate of drug-likeness (QED) is 0.236. The zero-order chi connectivity index (χ0) is 28.1. The largest absolute Gasteiger partial charge is 0.462 e. The van der Waals surface area contributed by atoms with Crippen molar-refractivity contribution in [2.24, 2.45) is 0 Å². The number of carbonyl (C=O) groups is 2. The average molecular weight is 578 g/mol. The third-order valence-electron chi connectivity index (χ3n) is 7.37. The average Bonchev–Trinajstić information content (AvgIpc) is 3.53. The Morgan fingerprint density at radius 2 is 1.90 bits per heavy atom. The zero-order valence-corrected chi connectivity index (χ0v) is 24.1. The van der Waals surface area contributed by atoms with E-state index in [2.05, 4.69) is 22.4 Å².